The molecule has 0 radical (unpaired) electrons. The molecule has 6 heteroatoms. The van der Waals surface area contributed by atoms with E-state index in [2.05, 4.69) is 4.74 Å². The summed E-state index contributed by atoms with van der Waals surface area (Å²) in [4.78, 5) is 21.4. The molecule has 0 saturated carbocycles. The maximum absolute atomic E-state index is 11.0. The molecule has 0 heterocycles. The fraction of sp³-hybridized carbons (Fsp3) is 0.667. The van der Waals surface area contributed by atoms with Crippen molar-refractivity contribution in [3.63, 3.8) is 0 Å². The van der Waals surface area contributed by atoms with E-state index in [0.717, 1.165) is 0 Å². The summed E-state index contributed by atoms with van der Waals surface area (Å²) < 4.78 is 2.46. The van der Waals surface area contributed by atoms with Gasteiger partial charge in [-0.1, -0.05) is 34.8 Å². The van der Waals surface area contributed by atoms with Gasteiger partial charge in [0.1, 0.15) is 0 Å². The van der Waals surface area contributed by atoms with Gasteiger partial charge < -0.3 is 4.74 Å². The number of halogens is 3. The van der Waals surface area contributed by atoms with Gasteiger partial charge in [0.05, 0.1) is 0 Å². The van der Waals surface area contributed by atoms with Crippen LogP contribution in [-0.4, -0.2) is 21.6 Å². The van der Waals surface area contributed by atoms with E-state index in [9.17, 15) is 9.59 Å². The molecule has 0 rings (SSSR count). The van der Waals surface area contributed by atoms with Crippen molar-refractivity contribution >= 4 is 46.6 Å². The number of alkyl halides is 3. The van der Waals surface area contributed by atoms with Gasteiger partial charge in [0.25, 0.3) is 3.79 Å². The summed E-state index contributed by atoms with van der Waals surface area (Å²) in [5.41, 5.74) is 0. The standard InChI is InChI=1S/C6H7Cl3O3/c1-3(12-4(2)10)5(11)6(7,8)9/h3H,1-2H3. The van der Waals surface area contributed by atoms with Gasteiger partial charge in [-0.25, -0.2) is 0 Å². The van der Waals surface area contributed by atoms with Crippen molar-refractivity contribution in [2.75, 3.05) is 0 Å². The normalized spacial score (nSPS) is 13.8. The Morgan fingerprint density at radius 3 is 2.00 bits per heavy atom. The summed E-state index contributed by atoms with van der Waals surface area (Å²) in [6.45, 7) is 2.51. The van der Waals surface area contributed by atoms with Crippen LogP contribution in [0.25, 0.3) is 0 Å². The third-order valence-corrected chi connectivity index (χ3v) is 1.55. The van der Waals surface area contributed by atoms with Crippen molar-refractivity contribution in [1.29, 1.82) is 0 Å². The first-order valence-electron chi connectivity index (χ1n) is 3.03. The van der Waals surface area contributed by atoms with E-state index in [1.54, 1.807) is 0 Å². The molecule has 1 unspecified atom stereocenters. The first-order valence-corrected chi connectivity index (χ1v) is 4.16. The number of hydrogen-bond donors (Lipinski definition) is 0. The summed E-state index contributed by atoms with van der Waals surface area (Å²) in [5, 5.41) is 0. The zero-order chi connectivity index (χ0) is 9.94. The average molecular weight is 233 g/mol. The summed E-state index contributed by atoms with van der Waals surface area (Å²) in [6.07, 6.45) is -1.03. The highest BCUT2D eigenvalue weighted by atomic mass is 35.6. The van der Waals surface area contributed by atoms with E-state index in [4.69, 9.17) is 34.8 Å². The number of carbonyl (C=O) groups is 2. The number of esters is 1. The Kier molecular flexibility index (Phi) is 4.31. The van der Waals surface area contributed by atoms with E-state index in [-0.39, 0.29) is 0 Å². The van der Waals surface area contributed by atoms with E-state index in [1.165, 1.54) is 13.8 Å². The zero-order valence-electron chi connectivity index (χ0n) is 6.44. The van der Waals surface area contributed by atoms with Gasteiger partial charge in [-0.05, 0) is 6.92 Å². The first-order chi connectivity index (χ1) is 5.25. The van der Waals surface area contributed by atoms with Gasteiger partial charge in [0, 0.05) is 6.92 Å². The van der Waals surface area contributed by atoms with Gasteiger partial charge in [-0.2, -0.15) is 0 Å². The minimum atomic E-state index is -2.03. The molecule has 0 N–H and O–H groups in total. The maximum Gasteiger partial charge on any atom is 0.303 e. The van der Waals surface area contributed by atoms with Gasteiger partial charge in [0.15, 0.2) is 6.10 Å². The van der Waals surface area contributed by atoms with Gasteiger partial charge in [0.2, 0.25) is 5.78 Å². The molecule has 0 bridgehead atoms. The lowest BCUT2D eigenvalue weighted by Gasteiger charge is -2.15. The molecule has 0 aromatic carbocycles. The Morgan fingerprint density at radius 2 is 1.75 bits per heavy atom. The van der Waals surface area contributed by atoms with E-state index < -0.39 is 21.6 Å². The van der Waals surface area contributed by atoms with Crippen molar-refractivity contribution in [3.8, 4) is 0 Å². The van der Waals surface area contributed by atoms with Crippen LogP contribution in [0.3, 0.4) is 0 Å². The van der Waals surface area contributed by atoms with Crippen LogP contribution in [0.15, 0.2) is 0 Å². The van der Waals surface area contributed by atoms with Crippen LogP contribution in [-0.2, 0) is 14.3 Å². The van der Waals surface area contributed by atoms with Gasteiger partial charge >= 0.3 is 5.97 Å². The minimum Gasteiger partial charge on any atom is -0.455 e. The largest absolute Gasteiger partial charge is 0.455 e. The molecular formula is C6H7Cl3O3. The molecule has 0 amide bonds. The highest BCUT2D eigenvalue weighted by Gasteiger charge is 2.35. The lowest BCUT2D eigenvalue weighted by atomic mass is 10.3. The van der Waals surface area contributed by atoms with Crippen LogP contribution in [0.1, 0.15) is 13.8 Å². The van der Waals surface area contributed by atoms with Crippen LogP contribution in [0.2, 0.25) is 0 Å². The second-order valence-corrected chi connectivity index (χ2v) is 4.39. The number of carbonyl (C=O) groups excluding carboxylic acids is 2. The second-order valence-electron chi connectivity index (χ2n) is 2.11. The van der Waals surface area contributed by atoms with Crippen molar-refractivity contribution in [2.24, 2.45) is 0 Å². The SMILES string of the molecule is CC(=O)OC(C)C(=O)C(Cl)(Cl)Cl. The smallest absolute Gasteiger partial charge is 0.303 e. The Balaban J connectivity index is 4.21. The molecule has 0 aliphatic rings. The number of ether oxygens (including phenoxy) is 1. The lowest BCUT2D eigenvalue weighted by molar-refractivity contribution is -0.151. The van der Waals surface area contributed by atoms with Crippen LogP contribution in [0.4, 0.5) is 0 Å². The topological polar surface area (TPSA) is 43.4 Å². The molecule has 0 aliphatic carbocycles. The Morgan fingerprint density at radius 1 is 1.33 bits per heavy atom. The third-order valence-electron chi connectivity index (χ3n) is 0.991. The minimum absolute atomic E-state index is 0.592. The number of ketones is 1. The van der Waals surface area contributed by atoms with Gasteiger partial charge in [-0.15, -0.1) is 0 Å². The van der Waals surface area contributed by atoms with Crippen molar-refractivity contribution in [3.05, 3.63) is 0 Å². The third kappa shape index (κ3) is 4.14. The van der Waals surface area contributed by atoms with Crippen molar-refractivity contribution < 1.29 is 14.3 Å². The van der Waals surface area contributed by atoms with Crippen LogP contribution in [0, 0.1) is 0 Å². The molecule has 1 atom stereocenters. The number of Topliss-reactive ketones (excluding diaryl/α,β-unsaturated/α-hetero) is 1. The molecular weight excluding hydrogens is 226 g/mol. The molecule has 0 aromatic rings. The summed E-state index contributed by atoms with van der Waals surface area (Å²) in [7, 11) is 0. The average Bonchev–Trinajstić information content (AvgIpc) is 1.82. The molecule has 0 spiro atoms. The zero-order valence-corrected chi connectivity index (χ0v) is 8.70. The van der Waals surface area contributed by atoms with E-state index in [0.29, 0.717) is 0 Å². The Hall–Kier alpha value is 0.01000. The molecule has 0 aromatic heterocycles. The molecule has 0 fully saturated rings. The van der Waals surface area contributed by atoms with E-state index >= 15 is 0 Å². The summed E-state index contributed by atoms with van der Waals surface area (Å²) in [6, 6.07) is 0. The monoisotopic (exact) mass is 232 g/mol. The van der Waals surface area contributed by atoms with Crippen LogP contribution < -0.4 is 0 Å². The first kappa shape index (κ1) is 12.0. The molecule has 0 saturated heterocycles. The number of hydrogen-bond acceptors (Lipinski definition) is 3. The van der Waals surface area contributed by atoms with Crippen molar-refractivity contribution in [1.82, 2.24) is 0 Å². The predicted octanol–water partition coefficient (Wildman–Crippen LogP) is 1.88. The maximum atomic E-state index is 11.0. The molecule has 70 valence electrons. The van der Waals surface area contributed by atoms with Crippen LogP contribution in [0.5, 0.6) is 0 Å². The molecule has 12 heavy (non-hydrogen) atoms. The van der Waals surface area contributed by atoms with Crippen molar-refractivity contribution in [2.45, 2.75) is 23.7 Å². The van der Waals surface area contributed by atoms with Gasteiger partial charge in [-0.3, -0.25) is 9.59 Å². The summed E-state index contributed by atoms with van der Waals surface area (Å²) >= 11 is 15.8. The Labute approximate surface area is 84.9 Å². The van der Waals surface area contributed by atoms with Crippen LogP contribution >= 0.6 is 34.8 Å². The highest BCUT2D eigenvalue weighted by Crippen LogP contribution is 2.28. The highest BCUT2D eigenvalue weighted by molar-refractivity contribution is 6.76. The second kappa shape index (κ2) is 4.30. The fourth-order valence-corrected chi connectivity index (χ4v) is 0.994. The Bertz CT molecular complexity index is 197. The number of rotatable bonds is 2. The predicted molar refractivity (Wildman–Crippen MR) is 46.5 cm³/mol. The fourth-order valence-electron chi connectivity index (χ4n) is 0.533. The quantitative estimate of drug-likeness (QED) is 0.540. The van der Waals surface area contributed by atoms with E-state index in [1.807, 2.05) is 0 Å². The lowest BCUT2D eigenvalue weighted by Crippen LogP contribution is -2.33. The molecule has 3 nitrogen and oxygen atoms in total. The summed E-state index contributed by atoms with van der Waals surface area (Å²) in [5.74, 6) is -1.35. The molecule has 0 aliphatic heterocycles.